The summed E-state index contributed by atoms with van der Waals surface area (Å²) in [6.45, 7) is 5.93. The molecule has 2 aliphatic rings. The molecular formula is C22H20N2O2. The molecule has 1 saturated heterocycles. The van der Waals surface area contributed by atoms with Crippen LogP contribution >= 0.6 is 0 Å². The fourth-order valence-electron chi connectivity index (χ4n) is 3.94. The number of amides is 1. The second-order valence-electron chi connectivity index (χ2n) is 7.68. The number of hydrogen-bond donors (Lipinski definition) is 1. The van der Waals surface area contributed by atoms with E-state index in [-0.39, 0.29) is 5.91 Å². The number of hydrazine groups is 1. The van der Waals surface area contributed by atoms with Gasteiger partial charge in [-0.3, -0.25) is 10.2 Å². The number of carbonyl (C=O) groups is 1. The van der Waals surface area contributed by atoms with Gasteiger partial charge >= 0.3 is 0 Å². The molecule has 3 aromatic carbocycles. The van der Waals surface area contributed by atoms with Gasteiger partial charge in [0.2, 0.25) is 12.1 Å². The SMILES string of the molecule is Cc1ccc2c(c1)-c1c(ccc3ccccc13)OC1N2NC(=O)C1(C)C. The lowest BCUT2D eigenvalue weighted by Gasteiger charge is -2.29. The van der Waals surface area contributed by atoms with E-state index in [1.165, 1.54) is 10.9 Å². The summed E-state index contributed by atoms with van der Waals surface area (Å²) < 4.78 is 6.44. The van der Waals surface area contributed by atoms with Crippen molar-refractivity contribution in [1.29, 1.82) is 0 Å². The van der Waals surface area contributed by atoms with Gasteiger partial charge in [-0.05, 0) is 49.7 Å². The third kappa shape index (κ3) is 1.93. The Bertz CT molecular complexity index is 1070. The first-order valence-electron chi connectivity index (χ1n) is 8.86. The van der Waals surface area contributed by atoms with Crippen molar-refractivity contribution in [2.75, 3.05) is 5.01 Å². The van der Waals surface area contributed by atoms with Crippen LogP contribution in [0.25, 0.3) is 21.9 Å². The Morgan fingerprint density at radius 1 is 1.08 bits per heavy atom. The number of rotatable bonds is 0. The van der Waals surface area contributed by atoms with Crippen molar-refractivity contribution in [3.63, 3.8) is 0 Å². The monoisotopic (exact) mass is 344 g/mol. The summed E-state index contributed by atoms with van der Waals surface area (Å²) >= 11 is 0. The van der Waals surface area contributed by atoms with Crippen LogP contribution in [0.5, 0.6) is 5.75 Å². The van der Waals surface area contributed by atoms with Crippen molar-refractivity contribution >= 4 is 22.4 Å². The van der Waals surface area contributed by atoms with Crippen LogP contribution in [-0.2, 0) is 4.79 Å². The van der Waals surface area contributed by atoms with E-state index >= 15 is 0 Å². The van der Waals surface area contributed by atoms with Crippen LogP contribution in [0.1, 0.15) is 19.4 Å². The van der Waals surface area contributed by atoms with Crippen LogP contribution < -0.4 is 15.2 Å². The minimum atomic E-state index is -0.657. The van der Waals surface area contributed by atoms with Gasteiger partial charge in [0, 0.05) is 11.1 Å². The molecule has 26 heavy (non-hydrogen) atoms. The van der Waals surface area contributed by atoms with Crippen LogP contribution in [0.2, 0.25) is 0 Å². The number of ether oxygens (including phenoxy) is 1. The van der Waals surface area contributed by atoms with Crippen LogP contribution in [0.3, 0.4) is 0 Å². The van der Waals surface area contributed by atoms with Crippen molar-refractivity contribution in [3.05, 3.63) is 60.2 Å². The highest BCUT2D eigenvalue weighted by Crippen LogP contribution is 2.48. The molecule has 0 aromatic heterocycles. The van der Waals surface area contributed by atoms with Crippen LogP contribution in [0.4, 0.5) is 5.69 Å². The first kappa shape index (κ1) is 15.3. The summed E-state index contributed by atoms with van der Waals surface area (Å²) in [6.07, 6.45) is -0.404. The molecule has 0 radical (unpaired) electrons. The minimum absolute atomic E-state index is 0.0294. The third-order valence-electron chi connectivity index (χ3n) is 5.47. The molecule has 130 valence electrons. The van der Waals surface area contributed by atoms with Gasteiger partial charge in [0.1, 0.15) is 11.2 Å². The molecule has 2 heterocycles. The van der Waals surface area contributed by atoms with Crippen molar-refractivity contribution in [2.24, 2.45) is 5.41 Å². The number of anilines is 1. The normalized spacial score (nSPS) is 19.9. The van der Waals surface area contributed by atoms with Gasteiger partial charge in [-0.25, -0.2) is 5.01 Å². The van der Waals surface area contributed by atoms with Crippen molar-refractivity contribution in [2.45, 2.75) is 27.0 Å². The lowest BCUT2D eigenvalue weighted by Crippen LogP contribution is -2.43. The van der Waals surface area contributed by atoms with Gasteiger partial charge in [-0.2, -0.15) is 0 Å². The van der Waals surface area contributed by atoms with Crippen molar-refractivity contribution in [1.82, 2.24) is 5.43 Å². The molecule has 0 saturated carbocycles. The van der Waals surface area contributed by atoms with E-state index in [1.807, 2.05) is 31.0 Å². The topological polar surface area (TPSA) is 41.6 Å². The van der Waals surface area contributed by atoms with Crippen molar-refractivity contribution in [3.8, 4) is 16.9 Å². The molecule has 0 spiro atoms. The molecule has 2 aliphatic heterocycles. The summed E-state index contributed by atoms with van der Waals surface area (Å²) in [7, 11) is 0. The first-order valence-corrected chi connectivity index (χ1v) is 8.86. The largest absolute Gasteiger partial charge is 0.467 e. The summed E-state index contributed by atoms with van der Waals surface area (Å²) in [5, 5.41) is 4.21. The van der Waals surface area contributed by atoms with Crippen LogP contribution in [0.15, 0.2) is 54.6 Å². The Morgan fingerprint density at radius 3 is 2.73 bits per heavy atom. The zero-order valence-electron chi connectivity index (χ0n) is 15.0. The Morgan fingerprint density at radius 2 is 1.88 bits per heavy atom. The van der Waals surface area contributed by atoms with Gasteiger partial charge in [-0.1, -0.05) is 42.0 Å². The fraction of sp³-hybridized carbons (Fsp3) is 0.227. The van der Waals surface area contributed by atoms with E-state index in [4.69, 9.17) is 4.74 Å². The molecule has 1 fully saturated rings. The Hall–Kier alpha value is -3.01. The molecule has 3 aromatic rings. The van der Waals surface area contributed by atoms with E-state index in [0.717, 1.165) is 28.0 Å². The second kappa shape index (κ2) is 5.01. The second-order valence-corrected chi connectivity index (χ2v) is 7.68. The van der Waals surface area contributed by atoms with E-state index < -0.39 is 11.6 Å². The molecule has 1 atom stereocenters. The predicted octanol–water partition coefficient (Wildman–Crippen LogP) is 4.41. The zero-order valence-corrected chi connectivity index (χ0v) is 15.0. The highest BCUT2D eigenvalue weighted by Gasteiger charge is 2.51. The first-order chi connectivity index (χ1) is 12.5. The fourth-order valence-corrected chi connectivity index (χ4v) is 3.94. The maximum Gasteiger partial charge on any atom is 0.250 e. The number of nitrogens with one attached hydrogen (secondary N) is 1. The Balaban J connectivity index is 1.88. The van der Waals surface area contributed by atoms with E-state index in [1.54, 1.807) is 0 Å². The van der Waals surface area contributed by atoms with Crippen molar-refractivity contribution < 1.29 is 9.53 Å². The zero-order chi connectivity index (χ0) is 18.1. The van der Waals surface area contributed by atoms with E-state index in [9.17, 15) is 4.79 Å². The molecule has 0 aliphatic carbocycles. The summed E-state index contributed by atoms with van der Waals surface area (Å²) in [5.74, 6) is 0.783. The molecule has 4 nitrogen and oxygen atoms in total. The minimum Gasteiger partial charge on any atom is -0.467 e. The van der Waals surface area contributed by atoms with Gasteiger partial charge in [0.25, 0.3) is 0 Å². The molecular weight excluding hydrogens is 324 g/mol. The standard InChI is InChI=1S/C22H20N2O2/c1-13-8-10-17-16(12-13)19-15-7-5-4-6-14(15)9-11-18(19)26-21-22(2,3)20(25)23-24(17)21/h4-12,21H,1-3H3,(H,23,25). The van der Waals surface area contributed by atoms with Crippen LogP contribution in [0, 0.1) is 12.3 Å². The number of nitrogens with zero attached hydrogens (tertiary/aromatic N) is 1. The Kier molecular flexibility index (Phi) is 2.94. The molecule has 1 N–H and O–H groups in total. The summed E-state index contributed by atoms with van der Waals surface area (Å²) in [6, 6.07) is 18.8. The Labute approximate surface area is 152 Å². The van der Waals surface area contributed by atoms with E-state index in [2.05, 4.69) is 54.8 Å². The summed E-state index contributed by atoms with van der Waals surface area (Å²) in [5.41, 5.74) is 6.66. The molecule has 4 heteroatoms. The molecule has 0 bridgehead atoms. The average Bonchev–Trinajstić information content (AvgIpc) is 2.77. The van der Waals surface area contributed by atoms with Crippen LogP contribution in [-0.4, -0.2) is 12.1 Å². The predicted molar refractivity (Wildman–Crippen MR) is 103 cm³/mol. The quantitative estimate of drug-likeness (QED) is 0.657. The average molecular weight is 344 g/mol. The number of benzene rings is 3. The molecule has 5 rings (SSSR count). The van der Waals surface area contributed by atoms with Gasteiger partial charge in [0.15, 0.2) is 0 Å². The van der Waals surface area contributed by atoms with Gasteiger partial charge in [0.05, 0.1) is 5.69 Å². The number of fused-ring (bicyclic) bond motifs is 7. The highest BCUT2D eigenvalue weighted by molar-refractivity contribution is 6.04. The highest BCUT2D eigenvalue weighted by atomic mass is 16.5. The molecule has 1 unspecified atom stereocenters. The third-order valence-corrected chi connectivity index (χ3v) is 5.47. The van der Waals surface area contributed by atoms with Gasteiger partial charge in [-0.15, -0.1) is 0 Å². The number of aryl methyl sites for hydroxylation is 1. The maximum atomic E-state index is 12.5. The summed E-state index contributed by atoms with van der Waals surface area (Å²) in [4.78, 5) is 12.5. The van der Waals surface area contributed by atoms with E-state index in [0.29, 0.717) is 0 Å². The molecule has 1 amide bonds. The number of carbonyl (C=O) groups excluding carboxylic acids is 1. The smallest absolute Gasteiger partial charge is 0.250 e. The lowest BCUT2D eigenvalue weighted by molar-refractivity contribution is -0.128. The lowest BCUT2D eigenvalue weighted by atomic mass is 9.91. The van der Waals surface area contributed by atoms with Gasteiger partial charge < -0.3 is 4.74 Å². The number of hydrogen-bond acceptors (Lipinski definition) is 3. The maximum absolute atomic E-state index is 12.5.